The minimum atomic E-state index is -0.763. The molecule has 0 radical (unpaired) electrons. The van der Waals surface area contributed by atoms with E-state index in [1.807, 2.05) is 6.92 Å². The van der Waals surface area contributed by atoms with Crippen LogP contribution in [0.5, 0.6) is 0 Å². The molecule has 13 heavy (non-hydrogen) atoms. The summed E-state index contributed by atoms with van der Waals surface area (Å²) in [7, 11) is 0. The average molecular weight is 209 g/mol. The van der Waals surface area contributed by atoms with E-state index in [-0.39, 0.29) is 0 Å². The van der Waals surface area contributed by atoms with Crippen molar-refractivity contribution in [3.8, 4) is 0 Å². The van der Waals surface area contributed by atoms with E-state index >= 15 is 0 Å². The predicted molar refractivity (Wildman–Crippen MR) is 50.8 cm³/mol. The molecule has 0 N–H and O–H groups in total. The topological polar surface area (TPSA) is 27.7 Å². The lowest BCUT2D eigenvalue weighted by Gasteiger charge is -2.26. The van der Waals surface area contributed by atoms with Crippen LogP contribution >= 0.6 is 11.6 Å². The number of halogens is 1. The van der Waals surface area contributed by atoms with Crippen LogP contribution in [0.4, 0.5) is 0 Å². The van der Waals surface area contributed by atoms with Gasteiger partial charge in [0.25, 0.3) is 5.97 Å². The van der Waals surface area contributed by atoms with Crippen molar-refractivity contribution in [2.24, 2.45) is 0 Å². The lowest BCUT2D eigenvalue weighted by atomic mass is 10.2. The lowest BCUT2D eigenvalue weighted by molar-refractivity contribution is -0.332. The normalized spacial score (nSPS) is 20.8. The van der Waals surface area contributed by atoms with Crippen LogP contribution in [0.1, 0.15) is 26.2 Å². The molecular weight excluding hydrogens is 192 g/mol. The van der Waals surface area contributed by atoms with Crippen LogP contribution in [0.3, 0.4) is 0 Å². The average Bonchev–Trinajstić information content (AvgIpc) is 2.55. The molecule has 4 heteroatoms. The molecule has 78 valence electrons. The number of hydrogen-bond acceptors (Lipinski definition) is 3. The van der Waals surface area contributed by atoms with Crippen LogP contribution in [0.2, 0.25) is 0 Å². The highest BCUT2D eigenvalue weighted by atomic mass is 35.5. The maximum atomic E-state index is 5.59. The Morgan fingerprint density at radius 1 is 1.31 bits per heavy atom. The Kier molecular flexibility index (Phi) is 5.02. The number of hydrogen-bond donors (Lipinski definition) is 0. The van der Waals surface area contributed by atoms with Gasteiger partial charge in [0.15, 0.2) is 0 Å². The number of rotatable bonds is 6. The maximum absolute atomic E-state index is 5.59. The number of unbranched alkanes of at least 4 members (excludes halogenated alkanes) is 1. The van der Waals surface area contributed by atoms with Gasteiger partial charge >= 0.3 is 0 Å². The molecule has 1 fully saturated rings. The van der Waals surface area contributed by atoms with Crippen molar-refractivity contribution in [1.29, 1.82) is 0 Å². The second-order valence-electron chi connectivity index (χ2n) is 2.96. The van der Waals surface area contributed by atoms with Crippen molar-refractivity contribution in [2.75, 3.05) is 25.7 Å². The van der Waals surface area contributed by atoms with E-state index < -0.39 is 5.97 Å². The van der Waals surface area contributed by atoms with Crippen LogP contribution in [-0.4, -0.2) is 31.7 Å². The lowest BCUT2D eigenvalue weighted by Crippen LogP contribution is -2.33. The summed E-state index contributed by atoms with van der Waals surface area (Å²) in [6, 6.07) is 0. The van der Waals surface area contributed by atoms with Crippen molar-refractivity contribution >= 4 is 11.6 Å². The Labute approximate surface area is 84.3 Å². The Bertz CT molecular complexity index is 135. The van der Waals surface area contributed by atoms with E-state index in [1.165, 1.54) is 0 Å². The zero-order chi connectivity index (χ0) is 9.57. The van der Waals surface area contributed by atoms with Gasteiger partial charge in [-0.2, -0.15) is 0 Å². The van der Waals surface area contributed by atoms with Gasteiger partial charge in [-0.3, -0.25) is 0 Å². The summed E-state index contributed by atoms with van der Waals surface area (Å²) >= 11 is 5.59. The Morgan fingerprint density at radius 2 is 2.00 bits per heavy atom. The summed E-state index contributed by atoms with van der Waals surface area (Å²) in [6.07, 6.45) is 2.72. The third-order valence-electron chi connectivity index (χ3n) is 1.96. The van der Waals surface area contributed by atoms with Gasteiger partial charge in [0.2, 0.25) is 0 Å². The second-order valence-corrected chi connectivity index (χ2v) is 3.34. The molecule has 3 nitrogen and oxygen atoms in total. The van der Waals surface area contributed by atoms with E-state index in [2.05, 4.69) is 0 Å². The van der Waals surface area contributed by atoms with E-state index in [0.717, 1.165) is 19.3 Å². The molecule has 1 aliphatic rings. The van der Waals surface area contributed by atoms with E-state index in [9.17, 15) is 0 Å². The van der Waals surface area contributed by atoms with Gasteiger partial charge in [0.1, 0.15) is 0 Å². The highest BCUT2D eigenvalue weighted by Crippen LogP contribution is 2.26. The molecule has 0 aromatic carbocycles. The molecular formula is C9H17ClO3. The fourth-order valence-electron chi connectivity index (χ4n) is 1.39. The Hall–Kier alpha value is 0.170. The third-order valence-corrected chi connectivity index (χ3v) is 2.23. The van der Waals surface area contributed by atoms with E-state index in [1.54, 1.807) is 0 Å². The van der Waals surface area contributed by atoms with Crippen LogP contribution in [0, 0.1) is 0 Å². The summed E-state index contributed by atoms with van der Waals surface area (Å²) in [4.78, 5) is 0. The van der Waals surface area contributed by atoms with Gasteiger partial charge in [-0.1, -0.05) is 0 Å². The van der Waals surface area contributed by atoms with Crippen molar-refractivity contribution in [1.82, 2.24) is 0 Å². The van der Waals surface area contributed by atoms with Crippen LogP contribution in [0.25, 0.3) is 0 Å². The molecule has 1 heterocycles. The predicted octanol–water partition coefficient (Wildman–Crippen LogP) is 2.13. The monoisotopic (exact) mass is 208 g/mol. The number of ether oxygens (including phenoxy) is 3. The third kappa shape index (κ3) is 3.43. The highest BCUT2D eigenvalue weighted by Gasteiger charge is 2.36. The maximum Gasteiger partial charge on any atom is 0.283 e. The summed E-state index contributed by atoms with van der Waals surface area (Å²) < 4.78 is 16.3. The molecule has 1 rings (SSSR count). The van der Waals surface area contributed by atoms with Crippen LogP contribution < -0.4 is 0 Å². The minimum Gasteiger partial charge on any atom is -0.328 e. The van der Waals surface area contributed by atoms with Crippen molar-refractivity contribution in [2.45, 2.75) is 32.2 Å². The zero-order valence-electron chi connectivity index (χ0n) is 8.05. The molecule has 0 unspecified atom stereocenters. The number of alkyl halides is 1. The van der Waals surface area contributed by atoms with Crippen molar-refractivity contribution in [3.63, 3.8) is 0 Å². The van der Waals surface area contributed by atoms with Gasteiger partial charge in [-0.15, -0.1) is 11.6 Å². The fourth-order valence-corrected chi connectivity index (χ4v) is 1.58. The molecule has 0 aromatic rings. The molecule has 1 aliphatic heterocycles. The molecule has 0 saturated carbocycles. The fraction of sp³-hybridized carbons (Fsp3) is 1.00. The standard InChI is InChI=1S/C9H17ClO3/c1-2-11-9(5-3-4-6-10)12-7-8-13-9/h2-8H2,1H3. The largest absolute Gasteiger partial charge is 0.328 e. The first kappa shape index (κ1) is 11.2. The SMILES string of the molecule is CCOC1(CCCCCl)OCCO1. The quantitative estimate of drug-likeness (QED) is 0.495. The molecule has 0 aromatic heterocycles. The summed E-state index contributed by atoms with van der Waals surface area (Å²) in [5.74, 6) is -0.0803. The zero-order valence-corrected chi connectivity index (χ0v) is 8.81. The van der Waals surface area contributed by atoms with Gasteiger partial charge in [0, 0.05) is 18.9 Å². The van der Waals surface area contributed by atoms with Crippen LogP contribution in [-0.2, 0) is 14.2 Å². The summed E-state index contributed by atoms with van der Waals surface area (Å²) in [5.41, 5.74) is 0. The Balaban J connectivity index is 2.28. The molecule has 0 atom stereocenters. The van der Waals surface area contributed by atoms with Gasteiger partial charge in [-0.25, -0.2) is 0 Å². The second kappa shape index (κ2) is 5.81. The smallest absolute Gasteiger partial charge is 0.283 e. The van der Waals surface area contributed by atoms with Crippen molar-refractivity contribution in [3.05, 3.63) is 0 Å². The first-order valence-corrected chi connectivity index (χ1v) is 5.34. The van der Waals surface area contributed by atoms with E-state index in [0.29, 0.717) is 25.7 Å². The van der Waals surface area contributed by atoms with Crippen LogP contribution in [0.15, 0.2) is 0 Å². The van der Waals surface area contributed by atoms with Gasteiger partial charge < -0.3 is 14.2 Å². The van der Waals surface area contributed by atoms with Gasteiger partial charge in [0.05, 0.1) is 13.2 Å². The molecule has 0 amide bonds. The summed E-state index contributed by atoms with van der Waals surface area (Å²) in [6.45, 7) is 3.80. The molecule has 0 spiro atoms. The highest BCUT2D eigenvalue weighted by molar-refractivity contribution is 6.17. The van der Waals surface area contributed by atoms with E-state index in [4.69, 9.17) is 25.8 Å². The molecule has 0 aliphatic carbocycles. The first-order valence-electron chi connectivity index (χ1n) is 4.81. The Morgan fingerprint density at radius 3 is 2.54 bits per heavy atom. The summed E-state index contributed by atoms with van der Waals surface area (Å²) in [5, 5.41) is 0. The first-order chi connectivity index (χ1) is 6.33. The molecule has 0 bridgehead atoms. The minimum absolute atomic E-state index is 0.612. The van der Waals surface area contributed by atoms with Gasteiger partial charge in [-0.05, 0) is 19.8 Å². The molecule has 1 saturated heterocycles. The van der Waals surface area contributed by atoms with Crippen molar-refractivity contribution < 1.29 is 14.2 Å².